The fourth-order valence-corrected chi connectivity index (χ4v) is 0.854. The van der Waals surface area contributed by atoms with Gasteiger partial charge in [-0.25, -0.2) is 0 Å². The summed E-state index contributed by atoms with van der Waals surface area (Å²) < 4.78 is 0. The average Bonchev–Trinajstić information content (AvgIpc) is 1.81. The lowest BCUT2D eigenvalue weighted by molar-refractivity contribution is 0.624. The van der Waals surface area contributed by atoms with E-state index in [2.05, 4.69) is 13.8 Å². The summed E-state index contributed by atoms with van der Waals surface area (Å²) in [5, 5.41) is 0. The van der Waals surface area contributed by atoms with Crippen LogP contribution < -0.4 is 0 Å². The lowest BCUT2D eigenvalue weighted by Crippen LogP contribution is -1.73. The summed E-state index contributed by atoms with van der Waals surface area (Å²) in [5.41, 5.74) is 0. The first kappa shape index (κ1) is 147. The van der Waals surface area contributed by atoms with Crippen molar-refractivity contribution in [3.63, 3.8) is 0 Å². The molecule has 0 heteroatoms. The van der Waals surface area contributed by atoms with E-state index in [4.69, 9.17) is 0 Å². The van der Waals surface area contributed by atoms with Gasteiger partial charge in [-0.1, -0.05) is 141 Å². The van der Waals surface area contributed by atoms with E-state index in [0.717, 1.165) is 0 Å². The molecule has 0 aliphatic rings. The van der Waals surface area contributed by atoms with Crippen molar-refractivity contribution in [1.29, 1.82) is 0 Å². The van der Waals surface area contributed by atoms with Crippen molar-refractivity contribution in [3.8, 4) is 0 Å². The molecule has 0 aliphatic carbocycles. The summed E-state index contributed by atoms with van der Waals surface area (Å²) in [6.45, 7) is 4.51. The zero-order valence-corrected chi connectivity index (χ0v) is 6.24. The lowest BCUT2D eigenvalue weighted by Gasteiger charge is -1.93. The summed E-state index contributed by atoms with van der Waals surface area (Å²) >= 11 is 0. The zero-order chi connectivity index (χ0) is 6.24. The van der Waals surface area contributed by atoms with Gasteiger partial charge in [-0.05, 0) is 0 Å². The predicted octanol–water partition coefficient (Wildman–Crippen LogP) is 11.0. The Balaban J connectivity index is -0.00000000371. The van der Waals surface area contributed by atoms with Crippen LogP contribution in [0.4, 0.5) is 0 Å². The molecule has 146 valence electrons. The van der Waals surface area contributed by atoms with Crippen molar-refractivity contribution in [2.24, 2.45) is 0 Å². The molecule has 0 atom stereocenters. The molecule has 20 heavy (non-hydrogen) atoms. The molecule has 0 aromatic rings. The third-order valence-electron chi connectivity index (χ3n) is 1.46. The van der Waals surface area contributed by atoms with Crippen molar-refractivity contribution in [1.82, 2.24) is 0 Å². The topological polar surface area (TPSA) is 0 Å². The van der Waals surface area contributed by atoms with Crippen LogP contribution >= 0.6 is 0 Å². The Labute approximate surface area is 142 Å². The summed E-state index contributed by atoms with van der Waals surface area (Å²) in [6, 6.07) is 0. The summed E-state index contributed by atoms with van der Waals surface area (Å²) in [4.78, 5) is 0. The van der Waals surface area contributed by atoms with Gasteiger partial charge >= 0.3 is 0 Å². The number of unbranched alkanes of at least 4 members (excludes halogenated alkanes) is 5. The Kier molecular flexibility index (Phi) is 1260. The van der Waals surface area contributed by atoms with Crippen LogP contribution in [0.25, 0.3) is 0 Å². The van der Waals surface area contributed by atoms with Crippen molar-refractivity contribution in [3.05, 3.63) is 0 Å². The standard InChI is InChI=1S/C8H18.12CH4/c1-3-5-7-8-6-4-2;;;;;;;;;;;;/h3-8H2,1-2H3;12*1H4. The quantitative estimate of drug-likeness (QED) is 0.443. The maximum Gasteiger partial charge on any atom is -0.0533 e. The van der Waals surface area contributed by atoms with Gasteiger partial charge in [-0.2, -0.15) is 0 Å². The van der Waals surface area contributed by atoms with Crippen molar-refractivity contribution < 1.29 is 0 Å². The molecule has 0 rings (SSSR count). The maximum absolute atomic E-state index is 2.26. The molecule has 0 saturated carbocycles. The van der Waals surface area contributed by atoms with Crippen LogP contribution in [0, 0.1) is 0 Å². The van der Waals surface area contributed by atoms with E-state index in [0.29, 0.717) is 0 Å². The summed E-state index contributed by atoms with van der Waals surface area (Å²) in [5.74, 6) is 0. The smallest absolute Gasteiger partial charge is 0.0533 e. The van der Waals surface area contributed by atoms with E-state index >= 15 is 0 Å². The van der Waals surface area contributed by atoms with Crippen LogP contribution in [-0.2, 0) is 0 Å². The Morgan fingerprint density at radius 3 is 0.550 bits per heavy atom. The Morgan fingerprint density at radius 2 is 0.450 bits per heavy atom. The molecule has 0 bridgehead atoms. The molecular weight excluding hydrogens is 240 g/mol. The van der Waals surface area contributed by atoms with Gasteiger partial charge in [0.05, 0.1) is 0 Å². The summed E-state index contributed by atoms with van der Waals surface area (Å²) in [6.07, 6.45) is 8.49. The summed E-state index contributed by atoms with van der Waals surface area (Å²) in [7, 11) is 0. The minimum Gasteiger partial charge on any atom is -0.0776 e. The van der Waals surface area contributed by atoms with Crippen LogP contribution in [0.2, 0.25) is 0 Å². The van der Waals surface area contributed by atoms with Gasteiger partial charge < -0.3 is 0 Å². The first-order chi connectivity index (χ1) is 3.91. The molecule has 0 amide bonds. The number of hydrogen-bond acceptors (Lipinski definition) is 0. The largest absolute Gasteiger partial charge is 0.0776 e. The second-order valence-electron chi connectivity index (χ2n) is 2.41. The molecule has 0 heterocycles. The fourth-order valence-electron chi connectivity index (χ4n) is 0.854. The molecule has 0 nitrogen and oxygen atoms in total. The first-order valence-electron chi connectivity index (χ1n) is 3.91. The molecule has 0 aromatic carbocycles. The van der Waals surface area contributed by atoms with Gasteiger partial charge in [0.15, 0.2) is 0 Å². The molecule has 0 spiro atoms. The van der Waals surface area contributed by atoms with Gasteiger partial charge in [0.25, 0.3) is 0 Å². The molecule has 0 N–H and O–H groups in total. The predicted molar refractivity (Wildman–Crippen MR) is 120 cm³/mol. The monoisotopic (exact) mass is 307 g/mol. The van der Waals surface area contributed by atoms with Crippen LogP contribution in [-0.4, -0.2) is 0 Å². The SMILES string of the molecule is C.C.C.C.C.C.C.C.C.C.C.C.CCCCCCCC. The number of hydrogen-bond donors (Lipinski definition) is 0. The van der Waals surface area contributed by atoms with Crippen LogP contribution in [0.5, 0.6) is 0 Å². The normalized spacial score (nSPS) is 3.90. The molecule has 0 fully saturated rings. The van der Waals surface area contributed by atoms with E-state index in [1.807, 2.05) is 0 Å². The first-order valence-corrected chi connectivity index (χ1v) is 3.91. The van der Waals surface area contributed by atoms with Gasteiger partial charge in [0, 0.05) is 0 Å². The van der Waals surface area contributed by atoms with Crippen molar-refractivity contribution >= 4 is 0 Å². The van der Waals surface area contributed by atoms with E-state index in [9.17, 15) is 0 Å². The third-order valence-corrected chi connectivity index (χ3v) is 1.46. The highest BCUT2D eigenvalue weighted by Crippen LogP contribution is 2.03. The van der Waals surface area contributed by atoms with E-state index < -0.39 is 0 Å². The maximum atomic E-state index is 2.26. The minimum atomic E-state index is 0. The van der Waals surface area contributed by atoms with Gasteiger partial charge in [-0.15, -0.1) is 0 Å². The lowest BCUT2D eigenvalue weighted by atomic mass is 10.1. The highest BCUT2D eigenvalue weighted by Gasteiger charge is 1.83. The fraction of sp³-hybridized carbons (Fsp3) is 1.00. The highest BCUT2D eigenvalue weighted by molar-refractivity contribution is 4.39. The molecule has 0 saturated heterocycles. The van der Waals surface area contributed by atoms with E-state index in [1.165, 1.54) is 38.5 Å². The molecule has 0 unspecified atom stereocenters. The average molecular weight is 307 g/mol. The van der Waals surface area contributed by atoms with Gasteiger partial charge in [0.1, 0.15) is 0 Å². The number of rotatable bonds is 5. The van der Waals surface area contributed by atoms with Gasteiger partial charge in [0.2, 0.25) is 0 Å². The van der Waals surface area contributed by atoms with Crippen LogP contribution in [0.3, 0.4) is 0 Å². The Bertz CT molecular complexity index is 25.0. The molecular formula is C20H66. The van der Waals surface area contributed by atoms with Gasteiger partial charge in [-0.3, -0.25) is 0 Å². The van der Waals surface area contributed by atoms with E-state index in [-0.39, 0.29) is 89.1 Å². The zero-order valence-electron chi connectivity index (χ0n) is 6.24. The highest BCUT2D eigenvalue weighted by atomic mass is 13.9. The van der Waals surface area contributed by atoms with Crippen molar-refractivity contribution in [2.75, 3.05) is 0 Å². The van der Waals surface area contributed by atoms with Crippen LogP contribution in [0.15, 0.2) is 0 Å². The Hall–Kier alpha value is 0. The van der Waals surface area contributed by atoms with Crippen LogP contribution in [0.1, 0.15) is 141 Å². The molecule has 0 aromatic heterocycles. The van der Waals surface area contributed by atoms with Crippen molar-refractivity contribution in [2.45, 2.75) is 141 Å². The minimum absolute atomic E-state index is 0. The second kappa shape index (κ2) is 171. The second-order valence-corrected chi connectivity index (χ2v) is 2.41. The van der Waals surface area contributed by atoms with E-state index in [1.54, 1.807) is 0 Å². The Morgan fingerprint density at radius 1 is 0.300 bits per heavy atom. The third kappa shape index (κ3) is 208. The molecule has 0 aliphatic heterocycles. The molecule has 0 radical (unpaired) electrons.